The average molecular weight is 518 g/mol. The van der Waals surface area contributed by atoms with Crippen molar-refractivity contribution in [2.75, 3.05) is 6.54 Å². The van der Waals surface area contributed by atoms with Gasteiger partial charge in [0.2, 0.25) is 0 Å². The number of benzene rings is 3. The van der Waals surface area contributed by atoms with Gasteiger partial charge >= 0.3 is 0 Å². The third-order valence-corrected chi connectivity index (χ3v) is 7.53. The highest BCUT2D eigenvalue weighted by Crippen LogP contribution is 2.45. The molecule has 0 aliphatic carbocycles. The Morgan fingerprint density at radius 2 is 1.87 bits per heavy atom. The number of nitrogens with zero attached hydrogens (tertiary/aromatic N) is 1. The monoisotopic (exact) mass is 517 g/mol. The molecule has 0 bridgehead atoms. The van der Waals surface area contributed by atoms with Gasteiger partial charge in [-0.25, -0.2) is 13.2 Å². The van der Waals surface area contributed by atoms with Crippen LogP contribution in [0.25, 0.3) is 10.9 Å². The number of H-pyrrole nitrogens is 1. The van der Waals surface area contributed by atoms with Gasteiger partial charge in [-0.2, -0.15) is 5.26 Å². The topological polar surface area (TPSA) is 60.8 Å². The van der Waals surface area contributed by atoms with Crippen molar-refractivity contribution in [3.05, 3.63) is 106 Å². The number of hydrogen-bond donors (Lipinski definition) is 2. The summed E-state index contributed by atoms with van der Waals surface area (Å²) in [6.07, 6.45) is 5.85. The van der Waals surface area contributed by atoms with Crippen LogP contribution >= 0.6 is 0 Å². The maximum Gasteiger partial charge on any atom is 0.150 e. The van der Waals surface area contributed by atoms with Gasteiger partial charge in [-0.15, -0.1) is 0 Å². The molecule has 2 unspecified atom stereocenters. The Labute approximate surface area is 220 Å². The normalized spacial score (nSPS) is 17.4. The van der Waals surface area contributed by atoms with E-state index < -0.39 is 17.2 Å². The highest BCUT2D eigenvalue weighted by Gasteiger charge is 2.41. The summed E-state index contributed by atoms with van der Waals surface area (Å²) < 4.78 is 47.7. The molecule has 0 saturated heterocycles. The van der Waals surface area contributed by atoms with Crippen LogP contribution in [-0.2, 0) is 23.4 Å². The number of hydrogen-bond acceptors (Lipinski definition) is 3. The van der Waals surface area contributed by atoms with Crippen LogP contribution in [-0.4, -0.2) is 17.6 Å². The Balaban J connectivity index is 1.18. The molecule has 0 spiro atoms. The molecule has 1 aliphatic rings. The molecule has 1 aromatic heterocycles. The van der Waals surface area contributed by atoms with Crippen molar-refractivity contribution in [2.24, 2.45) is 0 Å². The SMILES string of the molecule is CC(CCCc1c[nH]c2c(F)cc(F)cc12)NCCCC1(c2ccc(F)cc2)OCc2cc(C#N)ccc21. The van der Waals surface area contributed by atoms with E-state index in [1.165, 1.54) is 18.2 Å². The number of nitriles is 1. The van der Waals surface area contributed by atoms with Crippen molar-refractivity contribution < 1.29 is 17.9 Å². The summed E-state index contributed by atoms with van der Waals surface area (Å²) in [5.41, 5.74) is 4.12. The van der Waals surface area contributed by atoms with Crippen LogP contribution in [0.5, 0.6) is 0 Å². The van der Waals surface area contributed by atoms with Gasteiger partial charge in [-0.3, -0.25) is 0 Å². The molecular weight excluding hydrogens is 487 g/mol. The fourth-order valence-corrected chi connectivity index (χ4v) is 5.57. The molecule has 1 aliphatic heterocycles. The van der Waals surface area contributed by atoms with E-state index in [2.05, 4.69) is 23.3 Å². The number of aryl methyl sites for hydroxylation is 1. The maximum absolute atomic E-state index is 13.9. The standard InChI is InChI=1S/C31H30F3N3O/c1-20(4-2-5-22-18-37-30-27(22)15-26(33)16-29(30)34)36-13-3-12-31(24-7-9-25(32)10-8-24)28-11-6-21(17-35)14-23(28)19-38-31/h6-11,14-16,18,20,36-37H,2-5,12-13,19H2,1H3. The molecule has 3 aromatic carbocycles. The molecule has 7 heteroatoms. The maximum atomic E-state index is 13.9. The lowest BCUT2D eigenvalue weighted by atomic mass is 9.81. The van der Waals surface area contributed by atoms with Crippen LogP contribution in [0, 0.1) is 28.8 Å². The molecule has 2 atom stereocenters. The predicted octanol–water partition coefficient (Wildman–Crippen LogP) is 7.01. The van der Waals surface area contributed by atoms with Gasteiger partial charge < -0.3 is 15.0 Å². The summed E-state index contributed by atoms with van der Waals surface area (Å²) >= 11 is 0. The summed E-state index contributed by atoms with van der Waals surface area (Å²) in [4.78, 5) is 2.92. The summed E-state index contributed by atoms with van der Waals surface area (Å²) in [6, 6.07) is 16.8. The molecular formula is C31H30F3N3O. The molecule has 4 aromatic rings. The van der Waals surface area contributed by atoms with Gasteiger partial charge in [0.25, 0.3) is 0 Å². The molecule has 196 valence electrons. The summed E-state index contributed by atoms with van der Waals surface area (Å²) in [5, 5.41) is 13.5. The van der Waals surface area contributed by atoms with Crippen molar-refractivity contribution in [1.29, 1.82) is 5.26 Å². The van der Waals surface area contributed by atoms with Crippen molar-refractivity contribution >= 4 is 10.9 Å². The summed E-state index contributed by atoms with van der Waals surface area (Å²) in [5.74, 6) is -1.43. The van der Waals surface area contributed by atoms with Crippen LogP contribution < -0.4 is 5.32 Å². The first kappa shape index (κ1) is 26.0. The Bertz CT molecular complexity index is 1470. The van der Waals surface area contributed by atoms with Crippen molar-refractivity contribution in [1.82, 2.24) is 10.3 Å². The highest BCUT2D eigenvalue weighted by molar-refractivity contribution is 5.83. The lowest BCUT2D eigenvalue weighted by Crippen LogP contribution is -2.31. The molecule has 0 amide bonds. The van der Waals surface area contributed by atoms with Crippen LogP contribution in [0.3, 0.4) is 0 Å². The molecule has 0 saturated carbocycles. The van der Waals surface area contributed by atoms with E-state index in [4.69, 9.17) is 4.74 Å². The van der Waals surface area contributed by atoms with Crippen molar-refractivity contribution in [2.45, 2.75) is 57.3 Å². The van der Waals surface area contributed by atoms with Crippen LogP contribution in [0.1, 0.15) is 60.4 Å². The number of aromatic nitrogens is 1. The third kappa shape index (κ3) is 5.20. The Hall–Kier alpha value is -3.60. The number of ether oxygens (including phenoxy) is 1. The quantitative estimate of drug-likeness (QED) is 0.223. The minimum atomic E-state index is -0.679. The van der Waals surface area contributed by atoms with Crippen molar-refractivity contribution in [3.63, 3.8) is 0 Å². The molecule has 0 fully saturated rings. The second kappa shape index (κ2) is 11.0. The second-order valence-electron chi connectivity index (χ2n) is 10.1. The summed E-state index contributed by atoms with van der Waals surface area (Å²) in [6.45, 7) is 3.32. The van der Waals surface area contributed by atoms with Crippen LogP contribution in [0.4, 0.5) is 13.2 Å². The first-order valence-electron chi connectivity index (χ1n) is 13.0. The first-order chi connectivity index (χ1) is 18.4. The second-order valence-corrected chi connectivity index (χ2v) is 10.1. The Morgan fingerprint density at radius 1 is 1.05 bits per heavy atom. The number of nitrogens with one attached hydrogen (secondary N) is 2. The molecule has 2 N–H and O–H groups in total. The van der Waals surface area contributed by atoms with Gasteiger partial charge in [-0.1, -0.05) is 18.2 Å². The first-order valence-corrected chi connectivity index (χ1v) is 13.0. The fourth-order valence-electron chi connectivity index (χ4n) is 5.57. The van der Waals surface area contributed by atoms with E-state index in [9.17, 15) is 18.4 Å². The Morgan fingerprint density at radius 3 is 2.66 bits per heavy atom. The van der Waals surface area contributed by atoms with E-state index in [1.807, 2.05) is 18.2 Å². The number of halogens is 3. The van der Waals surface area contributed by atoms with E-state index in [1.54, 1.807) is 18.3 Å². The molecule has 2 heterocycles. The minimum Gasteiger partial charge on any atom is -0.361 e. The smallest absolute Gasteiger partial charge is 0.150 e. The highest BCUT2D eigenvalue weighted by atomic mass is 19.1. The molecule has 38 heavy (non-hydrogen) atoms. The average Bonchev–Trinajstić information content (AvgIpc) is 3.49. The van der Waals surface area contributed by atoms with E-state index in [-0.39, 0.29) is 11.9 Å². The number of rotatable bonds is 10. The fraction of sp³-hybridized carbons (Fsp3) is 0.323. The predicted molar refractivity (Wildman–Crippen MR) is 141 cm³/mol. The Kier molecular flexibility index (Phi) is 7.55. The van der Waals surface area contributed by atoms with Gasteiger partial charge in [0.15, 0.2) is 0 Å². The zero-order valence-corrected chi connectivity index (χ0v) is 21.3. The third-order valence-electron chi connectivity index (χ3n) is 7.53. The van der Waals surface area contributed by atoms with Gasteiger partial charge in [0.05, 0.1) is 23.8 Å². The van der Waals surface area contributed by atoms with E-state index in [0.717, 1.165) is 60.5 Å². The zero-order chi connectivity index (χ0) is 26.7. The van der Waals surface area contributed by atoms with Crippen LogP contribution in [0.2, 0.25) is 0 Å². The molecule has 0 radical (unpaired) electrons. The van der Waals surface area contributed by atoms with Crippen LogP contribution in [0.15, 0.2) is 60.8 Å². The largest absolute Gasteiger partial charge is 0.361 e. The van der Waals surface area contributed by atoms with E-state index in [0.29, 0.717) is 29.5 Å². The van der Waals surface area contributed by atoms with E-state index >= 15 is 0 Å². The van der Waals surface area contributed by atoms with Crippen molar-refractivity contribution in [3.8, 4) is 6.07 Å². The lowest BCUT2D eigenvalue weighted by molar-refractivity contribution is -0.0130. The van der Waals surface area contributed by atoms with Gasteiger partial charge in [-0.05, 0) is 98.2 Å². The minimum absolute atomic E-state index is 0.269. The summed E-state index contributed by atoms with van der Waals surface area (Å²) in [7, 11) is 0. The lowest BCUT2D eigenvalue weighted by Gasteiger charge is -2.31. The molecule has 5 rings (SSSR count). The van der Waals surface area contributed by atoms with Gasteiger partial charge in [0.1, 0.15) is 23.1 Å². The van der Waals surface area contributed by atoms with Gasteiger partial charge in [0, 0.05) is 23.7 Å². The zero-order valence-electron chi connectivity index (χ0n) is 21.3. The number of aromatic amines is 1. The molecule has 4 nitrogen and oxygen atoms in total. The number of fused-ring (bicyclic) bond motifs is 2.